The van der Waals surface area contributed by atoms with E-state index in [1.54, 1.807) is 0 Å². The molecule has 0 radical (unpaired) electrons. The summed E-state index contributed by atoms with van der Waals surface area (Å²) in [5.74, 6) is -0.949. The monoisotopic (exact) mass is 290 g/mol. The molecule has 2 aliphatic heterocycles. The van der Waals surface area contributed by atoms with Crippen molar-refractivity contribution in [3.63, 3.8) is 0 Å². The van der Waals surface area contributed by atoms with E-state index in [4.69, 9.17) is 4.84 Å². The van der Waals surface area contributed by atoms with E-state index in [1.165, 1.54) is 9.96 Å². The van der Waals surface area contributed by atoms with Gasteiger partial charge in [0, 0.05) is 6.54 Å². The van der Waals surface area contributed by atoms with Crippen LogP contribution in [0, 0.1) is 0 Å². The minimum absolute atomic E-state index is 0.299. The molecule has 3 rings (SSSR count). The first-order chi connectivity index (χ1) is 10.0. The first-order valence-electron chi connectivity index (χ1n) is 7.02. The van der Waals surface area contributed by atoms with Gasteiger partial charge in [-0.05, 0) is 25.3 Å². The fourth-order valence-electron chi connectivity index (χ4n) is 3.06. The zero-order valence-corrected chi connectivity index (χ0v) is 11.9. The number of carboxylic acid groups (broad SMARTS) is 1. The molecule has 0 spiro atoms. The Bertz CT molecular complexity index is 562. The second-order valence-electron chi connectivity index (χ2n) is 5.85. The maximum atomic E-state index is 12.4. The van der Waals surface area contributed by atoms with Gasteiger partial charge in [0.2, 0.25) is 0 Å². The molecule has 2 heterocycles. The van der Waals surface area contributed by atoms with Crippen LogP contribution >= 0.6 is 0 Å². The van der Waals surface area contributed by atoms with E-state index in [0.29, 0.717) is 26.0 Å². The zero-order chi connectivity index (χ0) is 15.0. The largest absolute Gasteiger partial charge is 0.480 e. The Kier molecular flexibility index (Phi) is 3.33. The van der Waals surface area contributed by atoms with Crippen molar-refractivity contribution in [1.82, 2.24) is 9.96 Å². The van der Waals surface area contributed by atoms with Gasteiger partial charge in [-0.25, -0.2) is 9.59 Å². The van der Waals surface area contributed by atoms with Crippen molar-refractivity contribution in [2.45, 2.75) is 38.0 Å². The summed E-state index contributed by atoms with van der Waals surface area (Å²) in [4.78, 5) is 30.7. The van der Waals surface area contributed by atoms with Crippen LogP contribution in [0.3, 0.4) is 0 Å². The van der Waals surface area contributed by atoms with Gasteiger partial charge in [-0.2, -0.15) is 5.06 Å². The average molecular weight is 290 g/mol. The standard InChI is InChI=1S/C15H18N2O4/c1-15-8-7-12(13(18)19)16(10-15)14(20)17(15)21-9-11-5-3-2-4-6-11/h2-6,12H,7-10H2,1H3,(H,18,19)/t12-,15+/m0/s1. The first kappa shape index (κ1) is 13.9. The number of amides is 2. The maximum Gasteiger partial charge on any atom is 0.345 e. The molecule has 2 fully saturated rings. The molecule has 2 bridgehead atoms. The highest BCUT2D eigenvalue weighted by Gasteiger charge is 2.55. The van der Waals surface area contributed by atoms with Crippen LogP contribution in [0.5, 0.6) is 0 Å². The fraction of sp³-hybridized carbons (Fsp3) is 0.467. The molecule has 0 unspecified atom stereocenters. The van der Waals surface area contributed by atoms with Gasteiger partial charge in [-0.15, -0.1) is 0 Å². The zero-order valence-electron chi connectivity index (χ0n) is 11.9. The Morgan fingerprint density at radius 2 is 2.14 bits per heavy atom. The maximum absolute atomic E-state index is 12.4. The van der Waals surface area contributed by atoms with E-state index in [2.05, 4.69) is 0 Å². The Hall–Kier alpha value is -2.08. The van der Waals surface area contributed by atoms with Crippen LogP contribution in [0.4, 0.5) is 4.79 Å². The third-order valence-electron chi connectivity index (χ3n) is 4.24. The van der Waals surface area contributed by atoms with Crippen LogP contribution in [0.25, 0.3) is 0 Å². The van der Waals surface area contributed by atoms with Gasteiger partial charge in [0.15, 0.2) is 0 Å². The molecule has 0 aromatic heterocycles. The number of aliphatic carboxylic acids is 1. The smallest absolute Gasteiger partial charge is 0.345 e. The molecule has 0 aliphatic carbocycles. The molecule has 1 N–H and O–H groups in total. The fourth-order valence-corrected chi connectivity index (χ4v) is 3.06. The van der Waals surface area contributed by atoms with Crippen LogP contribution in [0.2, 0.25) is 0 Å². The lowest BCUT2D eigenvalue weighted by Crippen LogP contribution is -2.49. The number of benzene rings is 1. The van der Waals surface area contributed by atoms with Crippen molar-refractivity contribution in [2.24, 2.45) is 0 Å². The predicted octanol–water partition coefficient (Wildman–Crippen LogP) is 1.86. The highest BCUT2D eigenvalue weighted by atomic mass is 16.7. The number of nitrogens with zero attached hydrogens (tertiary/aromatic N) is 2. The van der Waals surface area contributed by atoms with Crippen LogP contribution in [0.15, 0.2) is 30.3 Å². The van der Waals surface area contributed by atoms with Gasteiger partial charge in [0.1, 0.15) is 12.6 Å². The number of hydrogen-bond acceptors (Lipinski definition) is 3. The highest BCUT2D eigenvalue weighted by Crippen LogP contribution is 2.38. The number of hydrogen-bond donors (Lipinski definition) is 1. The summed E-state index contributed by atoms with van der Waals surface area (Å²) >= 11 is 0. The van der Waals surface area contributed by atoms with Crippen molar-refractivity contribution in [2.75, 3.05) is 6.54 Å². The molecular weight excluding hydrogens is 272 g/mol. The minimum atomic E-state index is -0.949. The summed E-state index contributed by atoms with van der Waals surface area (Å²) in [6.45, 7) is 2.64. The second kappa shape index (κ2) is 5.04. The lowest BCUT2D eigenvalue weighted by molar-refractivity contribution is -0.171. The SMILES string of the molecule is C[C@@]12CC[C@@H](C(=O)O)N(C1)C(=O)N2OCc1ccccc1. The summed E-state index contributed by atoms with van der Waals surface area (Å²) in [5, 5.41) is 10.6. The first-order valence-corrected chi connectivity index (χ1v) is 7.02. The van der Waals surface area contributed by atoms with E-state index in [-0.39, 0.29) is 6.03 Å². The predicted molar refractivity (Wildman–Crippen MR) is 74.2 cm³/mol. The van der Waals surface area contributed by atoms with E-state index in [1.807, 2.05) is 37.3 Å². The quantitative estimate of drug-likeness (QED) is 0.919. The Balaban J connectivity index is 1.74. The van der Waals surface area contributed by atoms with Gasteiger partial charge in [-0.1, -0.05) is 30.3 Å². The summed E-state index contributed by atoms with van der Waals surface area (Å²) in [6.07, 6.45) is 1.09. The van der Waals surface area contributed by atoms with Crippen molar-refractivity contribution in [3.8, 4) is 0 Å². The van der Waals surface area contributed by atoms with E-state index >= 15 is 0 Å². The normalized spacial score (nSPS) is 28.0. The number of rotatable bonds is 4. The van der Waals surface area contributed by atoms with Crippen LogP contribution < -0.4 is 0 Å². The Morgan fingerprint density at radius 3 is 2.81 bits per heavy atom. The van der Waals surface area contributed by atoms with Gasteiger partial charge in [0.05, 0.1) is 5.54 Å². The summed E-state index contributed by atoms with van der Waals surface area (Å²) in [5.41, 5.74) is 0.526. The number of carbonyl (C=O) groups excluding carboxylic acids is 1. The van der Waals surface area contributed by atoms with Crippen molar-refractivity contribution < 1.29 is 19.5 Å². The second-order valence-corrected chi connectivity index (χ2v) is 5.85. The molecule has 1 aromatic carbocycles. The molecular formula is C15H18N2O4. The molecule has 1 aromatic rings. The Morgan fingerprint density at radius 1 is 1.43 bits per heavy atom. The van der Waals surface area contributed by atoms with E-state index < -0.39 is 17.6 Å². The van der Waals surface area contributed by atoms with Crippen LogP contribution in [-0.4, -0.2) is 45.2 Å². The molecule has 2 atom stereocenters. The third kappa shape index (κ3) is 2.35. The van der Waals surface area contributed by atoms with Gasteiger partial charge < -0.3 is 10.0 Å². The number of hydroxylamine groups is 2. The van der Waals surface area contributed by atoms with Gasteiger partial charge in [-0.3, -0.25) is 4.84 Å². The molecule has 2 amide bonds. The molecule has 6 heteroatoms. The van der Waals surface area contributed by atoms with Crippen molar-refractivity contribution in [3.05, 3.63) is 35.9 Å². The summed E-state index contributed by atoms with van der Waals surface area (Å²) in [6, 6.07) is 8.50. The number of carboxylic acids is 1. The van der Waals surface area contributed by atoms with E-state index in [9.17, 15) is 14.7 Å². The minimum Gasteiger partial charge on any atom is -0.480 e. The third-order valence-corrected chi connectivity index (χ3v) is 4.24. The Labute approximate surface area is 122 Å². The lowest BCUT2D eigenvalue weighted by Gasteiger charge is -2.35. The van der Waals surface area contributed by atoms with E-state index in [0.717, 1.165) is 5.56 Å². The highest BCUT2D eigenvalue weighted by molar-refractivity contribution is 5.85. The van der Waals surface area contributed by atoms with Gasteiger partial charge >= 0.3 is 12.0 Å². The number of fused-ring (bicyclic) bond motifs is 2. The molecule has 2 aliphatic rings. The summed E-state index contributed by atoms with van der Waals surface area (Å²) in [7, 11) is 0. The molecule has 2 saturated heterocycles. The molecule has 6 nitrogen and oxygen atoms in total. The van der Waals surface area contributed by atoms with Crippen LogP contribution in [-0.2, 0) is 16.2 Å². The number of urea groups is 1. The molecule has 21 heavy (non-hydrogen) atoms. The van der Waals surface area contributed by atoms with Crippen LogP contribution in [0.1, 0.15) is 25.3 Å². The van der Waals surface area contributed by atoms with Crippen molar-refractivity contribution >= 4 is 12.0 Å². The van der Waals surface area contributed by atoms with Gasteiger partial charge in [0.25, 0.3) is 0 Å². The lowest BCUT2D eigenvalue weighted by atomic mass is 9.89. The average Bonchev–Trinajstić information content (AvgIpc) is 2.65. The molecule has 0 saturated carbocycles. The topological polar surface area (TPSA) is 70.1 Å². The summed E-state index contributed by atoms with van der Waals surface area (Å²) < 4.78 is 0. The number of carbonyl (C=O) groups is 2. The number of piperidine rings is 1. The van der Waals surface area contributed by atoms with Crippen molar-refractivity contribution in [1.29, 1.82) is 0 Å². The molecule has 112 valence electrons.